The summed E-state index contributed by atoms with van der Waals surface area (Å²) in [6.07, 6.45) is -0.273. The van der Waals surface area contributed by atoms with Crippen molar-refractivity contribution >= 4 is 44.2 Å². The van der Waals surface area contributed by atoms with E-state index in [1.165, 1.54) is 17.5 Å². The van der Waals surface area contributed by atoms with Crippen molar-refractivity contribution in [2.24, 2.45) is 11.3 Å². The van der Waals surface area contributed by atoms with Crippen molar-refractivity contribution in [3.05, 3.63) is 52.3 Å². The van der Waals surface area contributed by atoms with Crippen molar-refractivity contribution in [3.63, 3.8) is 0 Å². The molecule has 4 aliphatic rings. The molecule has 1 aliphatic heterocycles. The maximum atomic E-state index is 13.0. The lowest BCUT2D eigenvalue weighted by atomic mass is 9.33. The SMILES string of the molecule is Cc1c(CN2CCC(Nc3ncnc4sc(CC(F)(F)F)cc34)CC2)ccc2c1cc(C#N)n2CC12CC(NC(=O)CNCCO)(C1)[C@H]2C. The number of hydrogen-bond acceptors (Lipinski definition) is 9. The number of aryl methyl sites for hydroxylation is 1. The first-order chi connectivity index (χ1) is 23.4. The molecule has 3 saturated carbocycles. The minimum absolute atomic E-state index is 0.00414. The van der Waals surface area contributed by atoms with Crippen LogP contribution in [0.25, 0.3) is 21.1 Å². The first kappa shape index (κ1) is 33.7. The van der Waals surface area contributed by atoms with Gasteiger partial charge in [-0.2, -0.15) is 18.4 Å². The van der Waals surface area contributed by atoms with Gasteiger partial charge in [-0.05, 0) is 73.3 Å². The maximum absolute atomic E-state index is 13.0. The molecule has 4 aromatic rings. The summed E-state index contributed by atoms with van der Waals surface area (Å²) in [7, 11) is 0. The molecule has 8 rings (SSSR count). The Hall–Kier alpha value is -3.77. The lowest BCUT2D eigenvalue weighted by molar-refractivity contribution is -0.228. The predicted octanol–water partition coefficient (Wildman–Crippen LogP) is 4.87. The van der Waals surface area contributed by atoms with Crippen LogP contribution in [0, 0.1) is 29.6 Å². The van der Waals surface area contributed by atoms with E-state index in [4.69, 9.17) is 5.11 Å². The highest BCUT2D eigenvalue weighted by Crippen LogP contribution is 2.72. The van der Waals surface area contributed by atoms with E-state index in [0.29, 0.717) is 34.2 Å². The zero-order chi connectivity index (χ0) is 34.6. The molecule has 4 fully saturated rings. The fourth-order valence-corrected chi connectivity index (χ4v) is 9.46. The maximum Gasteiger partial charge on any atom is 0.393 e. The molecule has 1 amide bonds. The summed E-state index contributed by atoms with van der Waals surface area (Å²) in [5, 5.41) is 30.4. The third-order valence-electron chi connectivity index (χ3n) is 11.2. The van der Waals surface area contributed by atoms with Crippen LogP contribution >= 0.6 is 11.3 Å². The number of carbonyl (C=O) groups excluding carboxylic acids is 1. The number of aliphatic hydroxyl groups is 1. The van der Waals surface area contributed by atoms with Gasteiger partial charge in [0.2, 0.25) is 5.91 Å². The van der Waals surface area contributed by atoms with Gasteiger partial charge in [-0.25, -0.2) is 9.97 Å². The van der Waals surface area contributed by atoms with Gasteiger partial charge in [-0.3, -0.25) is 9.69 Å². The number of nitrogens with one attached hydrogen (secondary N) is 3. The van der Waals surface area contributed by atoms with E-state index < -0.39 is 12.6 Å². The summed E-state index contributed by atoms with van der Waals surface area (Å²) in [5.74, 6) is 0.848. The van der Waals surface area contributed by atoms with Gasteiger partial charge >= 0.3 is 6.18 Å². The molecular formula is C35H41F3N8O2S. The number of aromatic nitrogens is 3. The number of piperidine rings is 1. The zero-order valence-corrected chi connectivity index (χ0v) is 28.5. The van der Waals surface area contributed by atoms with Crippen LogP contribution in [0.15, 0.2) is 30.6 Å². The van der Waals surface area contributed by atoms with E-state index in [9.17, 15) is 23.2 Å². The quantitative estimate of drug-likeness (QED) is 0.155. The van der Waals surface area contributed by atoms with Crippen molar-refractivity contribution in [3.8, 4) is 6.07 Å². The van der Waals surface area contributed by atoms with Gasteiger partial charge in [-0.15, -0.1) is 11.3 Å². The van der Waals surface area contributed by atoms with Crippen LogP contribution in [0.3, 0.4) is 0 Å². The fraction of sp³-hybridized carbons (Fsp3) is 0.543. The number of thiophene rings is 1. The lowest BCUT2D eigenvalue weighted by Gasteiger charge is -2.76. The van der Waals surface area contributed by atoms with Gasteiger partial charge in [0.15, 0.2) is 0 Å². The number of anilines is 1. The van der Waals surface area contributed by atoms with Crippen molar-refractivity contribution in [1.82, 2.24) is 30.1 Å². The Labute approximate surface area is 286 Å². The average molecular weight is 695 g/mol. The molecular weight excluding hydrogens is 654 g/mol. The normalized spacial score (nSPS) is 24.1. The number of nitrogens with zero attached hydrogens (tertiary/aromatic N) is 5. The van der Waals surface area contributed by atoms with Crippen LogP contribution in [-0.2, 0) is 24.3 Å². The number of carbonyl (C=O) groups is 1. The van der Waals surface area contributed by atoms with E-state index in [1.807, 2.05) is 6.07 Å². The van der Waals surface area contributed by atoms with Crippen molar-refractivity contribution in [2.75, 3.05) is 38.1 Å². The molecule has 14 heteroatoms. The minimum Gasteiger partial charge on any atom is -0.395 e. The van der Waals surface area contributed by atoms with Gasteiger partial charge in [0.1, 0.15) is 28.7 Å². The lowest BCUT2D eigenvalue weighted by Crippen LogP contribution is -2.82. The molecule has 0 unspecified atom stereocenters. The highest BCUT2D eigenvalue weighted by atomic mass is 32.1. The molecule has 3 aromatic heterocycles. The van der Waals surface area contributed by atoms with Crippen LogP contribution in [0.1, 0.15) is 54.3 Å². The summed E-state index contributed by atoms with van der Waals surface area (Å²) in [6, 6.07) is 10.5. The second-order valence-corrected chi connectivity index (χ2v) is 15.3. The van der Waals surface area contributed by atoms with E-state index >= 15 is 0 Å². The van der Waals surface area contributed by atoms with E-state index in [2.05, 4.69) is 67.4 Å². The molecule has 4 heterocycles. The summed E-state index contributed by atoms with van der Waals surface area (Å²) in [6.45, 7) is 8.17. The standard InChI is InChI=1S/C35H41F3N8O2S/c1-21-23(16-45-8-5-24(6-9-45)43-31-28-12-26(13-35(36,37)38)49-32(28)42-20-41-31)3-4-29-27(21)11-25(14-39)46(29)19-33-17-34(18-33,22(33)2)44-30(48)15-40-7-10-47/h3-4,11-12,20,22,24,40,47H,5-10,13,15-19H2,1-2H3,(H,44,48)(H,41,42,43)/t22-,33?,34?/m0/s1. The molecule has 49 heavy (non-hydrogen) atoms. The van der Waals surface area contributed by atoms with Crippen LogP contribution in [0.5, 0.6) is 0 Å². The fourth-order valence-electron chi connectivity index (χ4n) is 8.43. The highest BCUT2D eigenvalue weighted by molar-refractivity contribution is 7.18. The monoisotopic (exact) mass is 694 g/mol. The Morgan fingerprint density at radius 3 is 2.65 bits per heavy atom. The smallest absolute Gasteiger partial charge is 0.393 e. The Kier molecular flexibility index (Phi) is 8.84. The topological polar surface area (TPSA) is 131 Å². The predicted molar refractivity (Wildman–Crippen MR) is 182 cm³/mol. The van der Waals surface area contributed by atoms with Crippen molar-refractivity contribution < 1.29 is 23.1 Å². The first-order valence-electron chi connectivity index (χ1n) is 16.9. The Bertz CT molecular complexity index is 1920. The third kappa shape index (κ3) is 6.38. The van der Waals surface area contributed by atoms with Gasteiger partial charge in [-0.1, -0.05) is 13.0 Å². The molecule has 0 radical (unpaired) electrons. The zero-order valence-electron chi connectivity index (χ0n) is 27.7. The van der Waals surface area contributed by atoms with Crippen LogP contribution in [0.2, 0.25) is 0 Å². The number of fused-ring (bicyclic) bond motifs is 2. The molecule has 0 spiro atoms. The van der Waals surface area contributed by atoms with E-state index in [1.54, 1.807) is 6.07 Å². The molecule has 260 valence electrons. The Morgan fingerprint density at radius 2 is 1.96 bits per heavy atom. The van der Waals surface area contributed by atoms with E-state index in [-0.39, 0.29) is 40.9 Å². The summed E-state index contributed by atoms with van der Waals surface area (Å²) in [5.41, 5.74) is 4.00. The van der Waals surface area contributed by atoms with Crippen LogP contribution in [0.4, 0.5) is 19.0 Å². The second kappa shape index (κ2) is 12.8. The number of hydrogen-bond donors (Lipinski definition) is 4. The molecule has 3 aliphatic carbocycles. The molecule has 1 saturated heterocycles. The number of amides is 1. The van der Waals surface area contributed by atoms with Gasteiger partial charge in [0.05, 0.1) is 25.0 Å². The number of aliphatic hydroxyl groups excluding tert-OH is 1. The Morgan fingerprint density at radius 1 is 1.18 bits per heavy atom. The van der Waals surface area contributed by atoms with Crippen LogP contribution < -0.4 is 16.0 Å². The second-order valence-electron chi connectivity index (χ2n) is 14.2. The number of benzene rings is 1. The molecule has 2 bridgehead atoms. The molecule has 10 nitrogen and oxygen atoms in total. The average Bonchev–Trinajstić information content (AvgIpc) is 3.63. The number of halogens is 3. The number of alkyl halides is 3. The summed E-state index contributed by atoms with van der Waals surface area (Å²) in [4.78, 5) is 24.2. The first-order valence-corrected chi connectivity index (χ1v) is 17.7. The van der Waals surface area contributed by atoms with Gasteiger partial charge < -0.3 is 25.6 Å². The third-order valence-corrected chi connectivity index (χ3v) is 12.2. The number of likely N-dealkylation sites (tertiary alicyclic amines) is 1. The number of rotatable bonds is 12. The summed E-state index contributed by atoms with van der Waals surface area (Å²) < 4.78 is 41.0. The molecule has 1 aromatic carbocycles. The van der Waals surface area contributed by atoms with Crippen LogP contribution in [-0.4, -0.2) is 81.0 Å². The number of nitriles is 1. The highest BCUT2D eigenvalue weighted by Gasteiger charge is 2.74. The largest absolute Gasteiger partial charge is 0.395 e. The minimum atomic E-state index is -4.26. The molecule has 4 N–H and O–H groups in total. The van der Waals surface area contributed by atoms with E-state index in [0.717, 1.165) is 74.1 Å². The van der Waals surface area contributed by atoms with Gasteiger partial charge in [0.25, 0.3) is 0 Å². The molecule has 1 atom stereocenters. The van der Waals surface area contributed by atoms with Crippen molar-refractivity contribution in [2.45, 2.75) is 76.8 Å². The summed E-state index contributed by atoms with van der Waals surface area (Å²) >= 11 is 1.06. The van der Waals surface area contributed by atoms with Gasteiger partial charge in [0, 0.05) is 60.1 Å². The Balaban J connectivity index is 0.973. The van der Waals surface area contributed by atoms with Crippen molar-refractivity contribution in [1.29, 1.82) is 5.26 Å².